The van der Waals surface area contributed by atoms with E-state index in [9.17, 15) is 14.9 Å². The third-order valence-electron chi connectivity index (χ3n) is 4.36. The van der Waals surface area contributed by atoms with Crippen LogP contribution in [0, 0.1) is 10.1 Å². The normalized spacial score (nSPS) is 20.6. The second-order valence-electron chi connectivity index (χ2n) is 6.98. The first-order valence-electron chi connectivity index (χ1n) is 7.90. The third-order valence-corrected chi connectivity index (χ3v) is 4.36. The summed E-state index contributed by atoms with van der Waals surface area (Å²) in [5, 5.41) is 16.5. The van der Waals surface area contributed by atoms with E-state index in [0.29, 0.717) is 11.7 Å². The average molecular weight is 448 g/mol. The minimum absolute atomic E-state index is 0. The van der Waals surface area contributed by atoms with Gasteiger partial charge in [0.1, 0.15) is 6.04 Å². The number of urea groups is 1. The maximum atomic E-state index is 12.2. The molecule has 2 atom stereocenters. The molecule has 24 heavy (non-hydrogen) atoms. The lowest BCUT2D eigenvalue weighted by Gasteiger charge is -2.41. The number of benzene rings is 1. The Hall–Kier alpha value is -1.42. The van der Waals surface area contributed by atoms with Gasteiger partial charge in [-0.2, -0.15) is 0 Å². The molecule has 1 aromatic carbocycles. The molecule has 0 aliphatic heterocycles. The van der Waals surface area contributed by atoms with Crippen LogP contribution in [0.25, 0.3) is 0 Å². The lowest BCUT2D eigenvalue weighted by atomic mass is 9.88. The van der Waals surface area contributed by atoms with E-state index >= 15 is 0 Å². The summed E-state index contributed by atoms with van der Waals surface area (Å²) in [7, 11) is 6.43. The lowest BCUT2D eigenvalue weighted by Crippen LogP contribution is -3.00. The molecule has 134 valence electrons. The van der Waals surface area contributed by atoms with E-state index in [1.54, 1.807) is 12.1 Å². The van der Waals surface area contributed by atoms with Crippen LogP contribution in [-0.2, 0) is 0 Å². The molecule has 0 saturated heterocycles. The zero-order valence-electron chi connectivity index (χ0n) is 14.3. The number of carbonyl (C=O) groups is 1. The van der Waals surface area contributed by atoms with Crippen molar-refractivity contribution < 1.29 is 38.2 Å². The number of hydrogen-bond acceptors (Lipinski definition) is 3. The minimum atomic E-state index is -0.475. The molecule has 2 amide bonds. The molecule has 2 rings (SSSR count). The fraction of sp³-hybridized carbons (Fsp3) is 0.562. The van der Waals surface area contributed by atoms with E-state index < -0.39 is 4.92 Å². The van der Waals surface area contributed by atoms with Crippen LogP contribution in [0.4, 0.5) is 16.2 Å². The molecule has 1 saturated carbocycles. The van der Waals surface area contributed by atoms with Gasteiger partial charge in [0.25, 0.3) is 5.69 Å². The van der Waals surface area contributed by atoms with Crippen molar-refractivity contribution in [3.05, 3.63) is 34.4 Å². The van der Waals surface area contributed by atoms with E-state index in [0.717, 1.165) is 23.7 Å². The van der Waals surface area contributed by atoms with Crippen molar-refractivity contribution >= 4 is 17.4 Å². The Kier molecular flexibility index (Phi) is 7.40. The van der Waals surface area contributed by atoms with Crippen LogP contribution in [-0.4, -0.2) is 48.7 Å². The SMILES string of the molecule is C[N+](C)(C)[C@H]1CCCC[C@@H]1NC(=O)Nc1cccc([N+](=O)[O-])c1.[I-]. The molecule has 0 bridgehead atoms. The topological polar surface area (TPSA) is 84.3 Å². The van der Waals surface area contributed by atoms with Gasteiger partial charge in [0.15, 0.2) is 0 Å². The Labute approximate surface area is 159 Å². The summed E-state index contributed by atoms with van der Waals surface area (Å²) in [5.41, 5.74) is 0.388. The highest BCUT2D eigenvalue weighted by molar-refractivity contribution is 5.89. The highest BCUT2D eigenvalue weighted by atomic mass is 127. The Morgan fingerprint density at radius 1 is 1.25 bits per heavy atom. The highest BCUT2D eigenvalue weighted by Gasteiger charge is 2.35. The van der Waals surface area contributed by atoms with Crippen molar-refractivity contribution in [3.8, 4) is 0 Å². The first kappa shape index (κ1) is 20.6. The molecular formula is C16H25IN4O3. The molecule has 0 unspecified atom stereocenters. The molecule has 1 aromatic rings. The van der Waals surface area contributed by atoms with Crippen molar-refractivity contribution in [2.75, 3.05) is 26.5 Å². The number of nitro benzene ring substituents is 1. The van der Waals surface area contributed by atoms with Gasteiger partial charge < -0.3 is 39.1 Å². The summed E-state index contributed by atoms with van der Waals surface area (Å²) in [5.74, 6) is 0. The maximum Gasteiger partial charge on any atom is 0.319 e. The van der Waals surface area contributed by atoms with Gasteiger partial charge in [-0.05, 0) is 18.9 Å². The van der Waals surface area contributed by atoms with Crippen LogP contribution in [0.2, 0.25) is 0 Å². The molecule has 1 aliphatic carbocycles. The largest absolute Gasteiger partial charge is 1.00 e. The summed E-state index contributed by atoms with van der Waals surface area (Å²) in [6, 6.07) is 6.14. The number of non-ortho nitro benzene ring substituents is 1. The molecule has 0 spiro atoms. The van der Waals surface area contributed by atoms with Crippen LogP contribution in [0.1, 0.15) is 25.7 Å². The standard InChI is InChI=1S/C16H24N4O3.HI/c1-20(2,3)15-10-5-4-9-14(15)18-16(21)17-12-7-6-8-13(11-12)19(22)23;/h6-8,11,14-15H,4-5,9-10H2,1-3H3,(H-,17,18,21);1H/t14-,15-;/m0./s1. The maximum absolute atomic E-state index is 12.2. The van der Waals surface area contributed by atoms with Gasteiger partial charge in [-0.3, -0.25) is 10.1 Å². The van der Waals surface area contributed by atoms with Crippen molar-refractivity contribution in [1.29, 1.82) is 0 Å². The summed E-state index contributed by atoms with van der Waals surface area (Å²) >= 11 is 0. The van der Waals surface area contributed by atoms with Crippen LogP contribution < -0.4 is 34.6 Å². The number of halogens is 1. The van der Waals surface area contributed by atoms with Crippen molar-refractivity contribution in [3.63, 3.8) is 0 Å². The monoisotopic (exact) mass is 448 g/mol. The highest BCUT2D eigenvalue weighted by Crippen LogP contribution is 2.25. The number of anilines is 1. The molecule has 0 radical (unpaired) electrons. The second-order valence-corrected chi connectivity index (χ2v) is 6.98. The Balaban J connectivity index is 0.00000288. The first-order valence-corrected chi connectivity index (χ1v) is 7.90. The van der Waals surface area contributed by atoms with Gasteiger partial charge in [-0.1, -0.05) is 12.5 Å². The Morgan fingerprint density at radius 3 is 2.54 bits per heavy atom. The molecule has 2 N–H and O–H groups in total. The lowest BCUT2D eigenvalue weighted by molar-refractivity contribution is -0.898. The second kappa shape index (κ2) is 8.61. The van der Waals surface area contributed by atoms with Crippen LogP contribution in [0.5, 0.6) is 0 Å². The fourth-order valence-corrected chi connectivity index (χ4v) is 3.24. The molecule has 1 fully saturated rings. The van der Waals surface area contributed by atoms with E-state index in [1.807, 2.05) is 0 Å². The molecule has 1 aliphatic rings. The first-order chi connectivity index (χ1) is 10.8. The summed E-state index contributed by atoms with van der Waals surface area (Å²) in [6.07, 6.45) is 4.34. The Morgan fingerprint density at radius 2 is 1.92 bits per heavy atom. The predicted octanol–water partition coefficient (Wildman–Crippen LogP) is -0.262. The van der Waals surface area contributed by atoms with Crippen LogP contribution in [0.15, 0.2) is 24.3 Å². The number of nitrogens with zero attached hydrogens (tertiary/aromatic N) is 2. The zero-order valence-corrected chi connectivity index (χ0v) is 16.4. The van der Waals surface area contributed by atoms with Crippen molar-refractivity contribution in [1.82, 2.24) is 5.32 Å². The van der Waals surface area contributed by atoms with E-state index in [2.05, 4.69) is 31.8 Å². The zero-order chi connectivity index (χ0) is 17.0. The van der Waals surface area contributed by atoms with E-state index in [4.69, 9.17) is 0 Å². The van der Waals surface area contributed by atoms with Crippen molar-refractivity contribution in [2.45, 2.75) is 37.8 Å². The number of amides is 2. The number of carbonyl (C=O) groups excluding carboxylic acids is 1. The molecule has 7 nitrogen and oxygen atoms in total. The van der Waals surface area contributed by atoms with Gasteiger partial charge in [0.05, 0.1) is 32.1 Å². The van der Waals surface area contributed by atoms with Crippen LogP contribution in [0.3, 0.4) is 0 Å². The minimum Gasteiger partial charge on any atom is -1.00 e. The number of nitro groups is 1. The van der Waals surface area contributed by atoms with E-state index in [1.165, 1.54) is 18.6 Å². The van der Waals surface area contributed by atoms with Crippen molar-refractivity contribution in [2.24, 2.45) is 0 Å². The molecular weight excluding hydrogens is 423 g/mol. The summed E-state index contributed by atoms with van der Waals surface area (Å²) < 4.78 is 0.807. The number of likely N-dealkylation sites (N-methyl/N-ethyl adjacent to an activating group) is 1. The number of nitrogens with one attached hydrogen (secondary N) is 2. The third kappa shape index (κ3) is 5.59. The molecule has 0 heterocycles. The summed E-state index contributed by atoms with van der Waals surface area (Å²) in [6.45, 7) is 0. The van der Waals surface area contributed by atoms with E-state index in [-0.39, 0.29) is 41.7 Å². The predicted molar refractivity (Wildman–Crippen MR) is 89.3 cm³/mol. The van der Waals surface area contributed by atoms with Gasteiger partial charge in [-0.15, -0.1) is 0 Å². The van der Waals surface area contributed by atoms with Gasteiger partial charge in [0.2, 0.25) is 0 Å². The summed E-state index contributed by atoms with van der Waals surface area (Å²) in [4.78, 5) is 22.5. The number of hydrogen-bond donors (Lipinski definition) is 2. The van der Waals surface area contributed by atoms with Gasteiger partial charge >= 0.3 is 6.03 Å². The van der Waals surface area contributed by atoms with Gasteiger partial charge in [0, 0.05) is 24.2 Å². The molecule has 8 heteroatoms. The Bertz CT molecular complexity index is 589. The number of rotatable bonds is 4. The average Bonchev–Trinajstić information content (AvgIpc) is 2.46. The molecule has 0 aromatic heterocycles. The smallest absolute Gasteiger partial charge is 0.319 e. The fourth-order valence-electron chi connectivity index (χ4n) is 3.24. The van der Waals surface area contributed by atoms with Crippen LogP contribution >= 0.6 is 0 Å². The quantitative estimate of drug-likeness (QED) is 0.288. The number of quaternary nitrogens is 1. The van der Waals surface area contributed by atoms with Gasteiger partial charge in [-0.25, -0.2) is 4.79 Å².